The van der Waals surface area contributed by atoms with Gasteiger partial charge in [0.15, 0.2) is 0 Å². The first-order chi connectivity index (χ1) is 9.15. The maximum absolute atomic E-state index is 5.43. The fourth-order valence-electron chi connectivity index (χ4n) is 2.20. The predicted octanol–water partition coefficient (Wildman–Crippen LogP) is 3.14. The van der Waals surface area contributed by atoms with Crippen molar-refractivity contribution >= 4 is 5.69 Å². The number of rotatable bonds is 5. The van der Waals surface area contributed by atoms with Gasteiger partial charge >= 0.3 is 0 Å². The summed E-state index contributed by atoms with van der Waals surface area (Å²) >= 11 is 0. The van der Waals surface area contributed by atoms with Crippen LogP contribution >= 0.6 is 0 Å². The van der Waals surface area contributed by atoms with Crippen molar-refractivity contribution in [2.45, 2.75) is 33.9 Å². The maximum atomic E-state index is 5.43. The van der Waals surface area contributed by atoms with Crippen LogP contribution in [0.3, 0.4) is 0 Å². The fraction of sp³-hybridized carbons (Fsp3) is 0.400. The van der Waals surface area contributed by atoms with E-state index in [4.69, 9.17) is 4.74 Å². The van der Waals surface area contributed by atoms with Gasteiger partial charge in [0.05, 0.1) is 13.3 Å². The Kier molecular flexibility index (Phi) is 4.10. The van der Waals surface area contributed by atoms with Crippen molar-refractivity contribution in [1.29, 1.82) is 0 Å². The second-order valence-corrected chi connectivity index (χ2v) is 4.65. The Morgan fingerprint density at radius 3 is 2.74 bits per heavy atom. The number of hydrogen-bond acceptors (Lipinski definition) is 3. The molecule has 0 fully saturated rings. The zero-order chi connectivity index (χ0) is 13.8. The number of nitrogens with zero attached hydrogens (tertiary/aromatic N) is 2. The first-order valence-electron chi connectivity index (χ1n) is 6.55. The van der Waals surface area contributed by atoms with E-state index in [1.807, 2.05) is 10.9 Å². The summed E-state index contributed by atoms with van der Waals surface area (Å²) in [5.41, 5.74) is 4.59. The Balaban J connectivity index is 2.11. The Morgan fingerprint density at radius 1 is 1.32 bits per heavy atom. The number of benzene rings is 1. The van der Waals surface area contributed by atoms with Crippen LogP contribution in [0.15, 0.2) is 24.5 Å². The van der Waals surface area contributed by atoms with Gasteiger partial charge in [0.2, 0.25) is 0 Å². The van der Waals surface area contributed by atoms with E-state index in [9.17, 15) is 0 Å². The van der Waals surface area contributed by atoms with Gasteiger partial charge < -0.3 is 10.1 Å². The molecule has 0 spiro atoms. The molecular weight excluding hydrogens is 238 g/mol. The molecule has 19 heavy (non-hydrogen) atoms. The normalized spacial score (nSPS) is 10.5. The highest BCUT2D eigenvalue weighted by Gasteiger charge is 2.07. The van der Waals surface area contributed by atoms with E-state index in [-0.39, 0.29) is 0 Å². The van der Waals surface area contributed by atoms with E-state index in [1.165, 1.54) is 5.56 Å². The molecule has 1 heterocycles. The lowest BCUT2D eigenvalue weighted by Crippen LogP contribution is -2.02. The van der Waals surface area contributed by atoms with Crippen LogP contribution in [-0.2, 0) is 13.1 Å². The minimum atomic E-state index is 0.771. The molecule has 0 aliphatic heterocycles. The molecular formula is C15H21N3O. The molecule has 0 amide bonds. The Labute approximate surface area is 114 Å². The lowest BCUT2D eigenvalue weighted by molar-refractivity contribution is 0.409. The first kappa shape index (κ1) is 13.5. The topological polar surface area (TPSA) is 39.1 Å². The van der Waals surface area contributed by atoms with E-state index in [2.05, 4.69) is 49.5 Å². The van der Waals surface area contributed by atoms with Crippen LogP contribution in [0.25, 0.3) is 0 Å². The molecule has 1 aromatic heterocycles. The summed E-state index contributed by atoms with van der Waals surface area (Å²) in [6.45, 7) is 7.88. The summed E-state index contributed by atoms with van der Waals surface area (Å²) in [7, 11) is 1.71. The molecule has 1 aromatic carbocycles. The number of ether oxygens (including phenoxy) is 1. The van der Waals surface area contributed by atoms with Gasteiger partial charge in [-0.2, -0.15) is 5.10 Å². The standard InChI is InChI=1S/C15H21N3O/c1-5-18-10-13(9-17-18)8-16-14-7-6-11(2)15(19-4)12(14)3/h6-7,9-10,16H,5,8H2,1-4H3. The lowest BCUT2D eigenvalue weighted by Gasteiger charge is -2.14. The molecule has 4 nitrogen and oxygen atoms in total. The van der Waals surface area contributed by atoms with Crippen molar-refractivity contribution in [3.63, 3.8) is 0 Å². The lowest BCUT2D eigenvalue weighted by atomic mass is 10.1. The van der Waals surface area contributed by atoms with Gasteiger partial charge in [-0.1, -0.05) is 6.07 Å². The quantitative estimate of drug-likeness (QED) is 0.896. The van der Waals surface area contributed by atoms with E-state index >= 15 is 0 Å². The van der Waals surface area contributed by atoms with Gasteiger partial charge in [0, 0.05) is 36.1 Å². The van der Waals surface area contributed by atoms with Gasteiger partial charge in [0.1, 0.15) is 5.75 Å². The number of hydrogen-bond donors (Lipinski definition) is 1. The molecule has 102 valence electrons. The molecule has 0 unspecified atom stereocenters. The minimum Gasteiger partial charge on any atom is -0.496 e. The van der Waals surface area contributed by atoms with Crippen LogP contribution in [0.2, 0.25) is 0 Å². The third kappa shape index (κ3) is 2.89. The zero-order valence-corrected chi connectivity index (χ0v) is 12.0. The highest BCUT2D eigenvalue weighted by molar-refractivity contribution is 5.59. The molecule has 0 bridgehead atoms. The summed E-state index contributed by atoms with van der Waals surface area (Å²) in [4.78, 5) is 0. The number of anilines is 1. The van der Waals surface area contributed by atoms with Crippen molar-refractivity contribution in [2.24, 2.45) is 0 Å². The van der Waals surface area contributed by atoms with Crippen LogP contribution in [0.4, 0.5) is 5.69 Å². The molecule has 0 saturated carbocycles. The molecule has 1 N–H and O–H groups in total. The molecule has 0 aliphatic rings. The fourth-order valence-corrected chi connectivity index (χ4v) is 2.20. The van der Waals surface area contributed by atoms with Crippen molar-refractivity contribution in [3.8, 4) is 5.75 Å². The van der Waals surface area contributed by atoms with Crippen molar-refractivity contribution in [2.75, 3.05) is 12.4 Å². The molecule has 0 aliphatic carbocycles. The van der Waals surface area contributed by atoms with Gasteiger partial charge in [-0.3, -0.25) is 4.68 Å². The smallest absolute Gasteiger partial charge is 0.126 e. The van der Waals surface area contributed by atoms with E-state index in [0.717, 1.165) is 35.7 Å². The molecule has 2 rings (SSSR count). The summed E-state index contributed by atoms with van der Waals surface area (Å²) in [6, 6.07) is 4.17. The summed E-state index contributed by atoms with van der Waals surface area (Å²) < 4.78 is 7.36. The molecule has 0 atom stereocenters. The Bertz CT molecular complexity index is 561. The maximum Gasteiger partial charge on any atom is 0.126 e. The van der Waals surface area contributed by atoms with E-state index < -0.39 is 0 Å². The van der Waals surface area contributed by atoms with E-state index in [0.29, 0.717) is 0 Å². The molecule has 4 heteroatoms. The first-order valence-corrected chi connectivity index (χ1v) is 6.55. The Morgan fingerprint density at radius 2 is 2.11 bits per heavy atom. The zero-order valence-electron chi connectivity index (χ0n) is 12.0. The van der Waals surface area contributed by atoms with Crippen LogP contribution in [0.1, 0.15) is 23.6 Å². The van der Waals surface area contributed by atoms with Crippen molar-refractivity contribution in [3.05, 3.63) is 41.2 Å². The van der Waals surface area contributed by atoms with Gasteiger partial charge in [-0.25, -0.2) is 0 Å². The summed E-state index contributed by atoms with van der Waals surface area (Å²) in [5, 5.41) is 7.70. The summed E-state index contributed by atoms with van der Waals surface area (Å²) in [6.07, 6.45) is 3.96. The summed E-state index contributed by atoms with van der Waals surface area (Å²) in [5.74, 6) is 0.953. The van der Waals surface area contributed by atoms with Crippen LogP contribution in [0.5, 0.6) is 5.75 Å². The number of nitrogens with one attached hydrogen (secondary N) is 1. The largest absolute Gasteiger partial charge is 0.496 e. The SMILES string of the molecule is CCn1cc(CNc2ccc(C)c(OC)c2C)cn1. The van der Waals surface area contributed by atoms with Gasteiger partial charge in [-0.15, -0.1) is 0 Å². The molecule has 0 saturated heterocycles. The average molecular weight is 259 g/mol. The van der Waals surface area contributed by atoms with Gasteiger partial charge in [0.25, 0.3) is 0 Å². The highest BCUT2D eigenvalue weighted by Crippen LogP contribution is 2.29. The van der Waals surface area contributed by atoms with Crippen molar-refractivity contribution < 1.29 is 4.74 Å². The third-order valence-corrected chi connectivity index (χ3v) is 3.30. The van der Waals surface area contributed by atoms with Crippen LogP contribution in [0, 0.1) is 13.8 Å². The average Bonchev–Trinajstić information content (AvgIpc) is 2.86. The van der Waals surface area contributed by atoms with Crippen LogP contribution in [-0.4, -0.2) is 16.9 Å². The highest BCUT2D eigenvalue weighted by atomic mass is 16.5. The van der Waals surface area contributed by atoms with E-state index in [1.54, 1.807) is 7.11 Å². The van der Waals surface area contributed by atoms with Crippen LogP contribution < -0.4 is 10.1 Å². The van der Waals surface area contributed by atoms with Gasteiger partial charge in [-0.05, 0) is 32.4 Å². The predicted molar refractivity (Wildman–Crippen MR) is 77.7 cm³/mol. The minimum absolute atomic E-state index is 0.771. The Hall–Kier alpha value is -1.97. The molecule has 2 aromatic rings. The number of methoxy groups -OCH3 is 1. The second kappa shape index (κ2) is 5.78. The third-order valence-electron chi connectivity index (χ3n) is 3.30. The number of aromatic nitrogens is 2. The molecule has 0 radical (unpaired) electrons. The van der Waals surface area contributed by atoms with Crippen molar-refractivity contribution in [1.82, 2.24) is 9.78 Å². The monoisotopic (exact) mass is 259 g/mol. The number of aryl methyl sites for hydroxylation is 2. The second-order valence-electron chi connectivity index (χ2n) is 4.65.